The number of benzene rings is 1. The van der Waals surface area contributed by atoms with Crippen LogP contribution in [0.1, 0.15) is 49.2 Å². The molecule has 0 radical (unpaired) electrons. The Bertz CT molecular complexity index is 596. The van der Waals surface area contributed by atoms with Gasteiger partial charge in [0.2, 0.25) is 0 Å². The van der Waals surface area contributed by atoms with Crippen LogP contribution in [0, 0.1) is 0 Å². The maximum Gasteiger partial charge on any atom is 0.0662 e. The summed E-state index contributed by atoms with van der Waals surface area (Å²) in [5.41, 5.74) is 5.23. The smallest absolute Gasteiger partial charge is 0.0662 e. The molecule has 1 aromatic heterocycles. The van der Waals surface area contributed by atoms with Gasteiger partial charge in [0.05, 0.1) is 12.2 Å². The van der Waals surface area contributed by atoms with E-state index in [4.69, 9.17) is 5.10 Å². The van der Waals surface area contributed by atoms with Gasteiger partial charge in [-0.3, -0.25) is 4.68 Å². The number of hydrogen-bond donors (Lipinski definition) is 1. The van der Waals surface area contributed by atoms with Crippen molar-refractivity contribution in [3.63, 3.8) is 0 Å². The molecule has 21 heavy (non-hydrogen) atoms. The SMILES string of the molecule is CCc1cc(CC)n(Cc2cccc(CNC3CC3)c2)n1. The third-order valence-electron chi connectivity index (χ3n) is 4.13. The summed E-state index contributed by atoms with van der Waals surface area (Å²) in [6, 6.07) is 11.9. The largest absolute Gasteiger partial charge is 0.310 e. The molecule has 0 spiro atoms. The summed E-state index contributed by atoms with van der Waals surface area (Å²) in [5, 5.41) is 8.29. The predicted octanol–water partition coefficient (Wildman–Crippen LogP) is 3.31. The van der Waals surface area contributed by atoms with Crippen molar-refractivity contribution in [2.24, 2.45) is 0 Å². The van der Waals surface area contributed by atoms with Crippen molar-refractivity contribution in [2.75, 3.05) is 0 Å². The second-order valence-electron chi connectivity index (χ2n) is 5.97. The molecule has 1 aliphatic rings. The third kappa shape index (κ3) is 3.73. The van der Waals surface area contributed by atoms with E-state index in [-0.39, 0.29) is 0 Å². The van der Waals surface area contributed by atoms with Gasteiger partial charge in [-0.25, -0.2) is 0 Å². The first-order valence-electron chi connectivity index (χ1n) is 8.15. The molecule has 3 heteroatoms. The van der Waals surface area contributed by atoms with Crippen LogP contribution in [0.4, 0.5) is 0 Å². The fraction of sp³-hybridized carbons (Fsp3) is 0.500. The van der Waals surface area contributed by atoms with Crippen LogP contribution in [-0.4, -0.2) is 15.8 Å². The summed E-state index contributed by atoms with van der Waals surface area (Å²) in [6.45, 7) is 6.22. The Morgan fingerprint density at radius 2 is 1.95 bits per heavy atom. The van der Waals surface area contributed by atoms with Gasteiger partial charge in [0.15, 0.2) is 0 Å². The van der Waals surface area contributed by atoms with Gasteiger partial charge in [-0.2, -0.15) is 5.10 Å². The molecule has 3 rings (SSSR count). The van der Waals surface area contributed by atoms with E-state index in [0.29, 0.717) is 0 Å². The summed E-state index contributed by atoms with van der Waals surface area (Å²) in [5.74, 6) is 0. The van der Waals surface area contributed by atoms with Gasteiger partial charge in [0.25, 0.3) is 0 Å². The zero-order chi connectivity index (χ0) is 14.7. The quantitative estimate of drug-likeness (QED) is 0.845. The average Bonchev–Trinajstić information content (AvgIpc) is 3.26. The molecule has 2 aromatic rings. The second-order valence-corrected chi connectivity index (χ2v) is 5.97. The number of rotatable bonds is 7. The molecule has 0 amide bonds. The van der Waals surface area contributed by atoms with Crippen molar-refractivity contribution < 1.29 is 0 Å². The molecule has 0 bridgehead atoms. The summed E-state index contributed by atoms with van der Waals surface area (Å²) in [7, 11) is 0. The zero-order valence-corrected chi connectivity index (χ0v) is 13.1. The molecule has 0 saturated heterocycles. The van der Waals surface area contributed by atoms with E-state index in [1.54, 1.807) is 0 Å². The molecule has 1 N–H and O–H groups in total. The molecular weight excluding hydrogens is 258 g/mol. The Balaban J connectivity index is 1.71. The van der Waals surface area contributed by atoms with E-state index in [1.165, 1.54) is 35.4 Å². The van der Waals surface area contributed by atoms with Crippen LogP contribution in [0.3, 0.4) is 0 Å². The van der Waals surface area contributed by atoms with Crippen molar-refractivity contribution in [3.8, 4) is 0 Å². The van der Waals surface area contributed by atoms with E-state index in [2.05, 4.69) is 54.2 Å². The maximum absolute atomic E-state index is 4.71. The van der Waals surface area contributed by atoms with Crippen LogP contribution < -0.4 is 5.32 Å². The van der Waals surface area contributed by atoms with Gasteiger partial charge in [-0.15, -0.1) is 0 Å². The normalized spacial score (nSPS) is 14.6. The summed E-state index contributed by atoms with van der Waals surface area (Å²) in [6.07, 6.45) is 4.72. The van der Waals surface area contributed by atoms with E-state index in [9.17, 15) is 0 Å². The minimum atomic E-state index is 0.763. The van der Waals surface area contributed by atoms with E-state index < -0.39 is 0 Å². The average molecular weight is 283 g/mol. The maximum atomic E-state index is 4.71. The van der Waals surface area contributed by atoms with Crippen LogP contribution in [0.15, 0.2) is 30.3 Å². The second kappa shape index (κ2) is 6.44. The summed E-state index contributed by atoms with van der Waals surface area (Å²) < 4.78 is 2.16. The molecule has 1 heterocycles. The molecule has 1 saturated carbocycles. The highest BCUT2D eigenvalue weighted by atomic mass is 15.3. The van der Waals surface area contributed by atoms with Crippen molar-refractivity contribution in [3.05, 3.63) is 52.8 Å². The molecule has 1 aliphatic carbocycles. The van der Waals surface area contributed by atoms with Crippen LogP contribution in [0.2, 0.25) is 0 Å². The van der Waals surface area contributed by atoms with Crippen molar-refractivity contribution in [2.45, 2.75) is 58.7 Å². The number of aromatic nitrogens is 2. The first-order chi connectivity index (χ1) is 10.3. The van der Waals surface area contributed by atoms with E-state index in [1.807, 2.05) is 0 Å². The monoisotopic (exact) mass is 283 g/mol. The molecular formula is C18H25N3. The summed E-state index contributed by atoms with van der Waals surface area (Å²) >= 11 is 0. The Kier molecular flexibility index (Phi) is 4.39. The molecule has 0 unspecified atom stereocenters. The molecule has 3 nitrogen and oxygen atoms in total. The minimum Gasteiger partial charge on any atom is -0.310 e. The Labute approximate surface area is 127 Å². The number of nitrogens with one attached hydrogen (secondary N) is 1. The van der Waals surface area contributed by atoms with Crippen LogP contribution in [0.25, 0.3) is 0 Å². The number of nitrogens with zero attached hydrogens (tertiary/aromatic N) is 2. The van der Waals surface area contributed by atoms with Gasteiger partial charge in [-0.05, 0) is 42.9 Å². The first kappa shape index (κ1) is 14.3. The highest BCUT2D eigenvalue weighted by Crippen LogP contribution is 2.19. The lowest BCUT2D eigenvalue weighted by molar-refractivity contribution is 0.638. The fourth-order valence-electron chi connectivity index (χ4n) is 2.67. The number of hydrogen-bond acceptors (Lipinski definition) is 2. The molecule has 1 fully saturated rings. The van der Waals surface area contributed by atoms with Gasteiger partial charge in [-0.1, -0.05) is 38.1 Å². The van der Waals surface area contributed by atoms with E-state index in [0.717, 1.165) is 32.0 Å². The lowest BCUT2D eigenvalue weighted by atomic mass is 10.1. The van der Waals surface area contributed by atoms with Crippen LogP contribution in [0.5, 0.6) is 0 Å². The van der Waals surface area contributed by atoms with Gasteiger partial charge < -0.3 is 5.32 Å². The standard InChI is InChI=1S/C18H25N3/c1-3-16-11-18(4-2)21(20-16)13-15-7-5-6-14(10-15)12-19-17-8-9-17/h5-7,10-11,17,19H,3-4,8-9,12-13H2,1-2H3. The highest BCUT2D eigenvalue weighted by Gasteiger charge is 2.19. The van der Waals surface area contributed by atoms with Crippen molar-refractivity contribution in [1.29, 1.82) is 0 Å². The number of aryl methyl sites for hydroxylation is 2. The fourth-order valence-corrected chi connectivity index (χ4v) is 2.67. The Morgan fingerprint density at radius 1 is 1.14 bits per heavy atom. The highest BCUT2D eigenvalue weighted by molar-refractivity contribution is 5.24. The lowest BCUT2D eigenvalue weighted by Crippen LogP contribution is -2.15. The van der Waals surface area contributed by atoms with Crippen LogP contribution >= 0.6 is 0 Å². The first-order valence-corrected chi connectivity index (χ1v) is 8.15. The van der Waals surface area contributed by atoms with Gasteiger partial charge >= 0.3 is 0 Å². The van der Waals surface area contributed by atoms with Crippen molar-refractivity contribution in [1.82, 2.24) is 15.1 Å². The van der Waals surface area contributed by atoms with Gasteiger partial charge in [0, 0.05) is 18.3 Å². The topological polar surface area (TPSA) is 29.9 Å². The minimum absolute atomic E-state index is 0.763. The Hall–Kier alpha value is -1.61. The zero-order valence-electron chi connectivity index (χ0n) is 13.1. The van der Waals surface area contributed by atoms with Crippen LogP contribution in [-0.2, 0) is 25.9 Å². The molecule has 0 aliphatic heterocycles. The predicted molar refractivity (Wildman–Crippen MR) is 86.4 cm³/mol. The van der Waals surface area contributed by atoms with Crippen molar-refractivity contribution >= 4 is 0 Å². The summed E-state index contributed by atoms with van der Waals surface area (Å²) in [4.78, 5) is 0. The van der Waals surface area contributed by atoms with E-state index >= 15 is 0 Å². The molecule has 0 atom stereocenters. The van der Waals surface area contributed by atoms with Gasteiger partial charge in [0.1, 0.15) is 0 Å². The molecule has 112 valence electrons. The Morgan fingerprint density at radius 3 is 2.67 bits per heavy atom. The third-order valence-corrected chi connectivity index (χ3v) is 4.13. The molecule has 1 aromatic carbocycles. The lowest BCUT2D eigenvalue weighted by Gasteiger charge is -2.09.